The minimum Gasteiger partial charge on any atom is -0.494 e. The van der Waals surface area contributed by atoms with E-state index in [9.17, 15) is 14.4 Å². The molecule has 1 saturated heterocycles. The molecule has 8 heteroatoms. The molecule has 2 aliphatic heterocycles. The first-order valence-electron chi connectivity index (χ1n) is 11.5. The van der Waals surface area contributed by atoms with E-state index in [-0.39, 0.29) is 17.9 Å². The van der Waals surface area contributed by atoms with E-state index in [1.807, 2.05) is 43.9 Å². The van der Waals surface area contributed by atoms with E-state index in [0.29, 0.717) is 38.3 Å². The van der Waals surface area contributed by atoms with Gasteiger partial charge in [-0.2, -0.15) is 0 Å². The van der Waals surface area contributed by atoms with Gasteiger partial charge in [0, 0.05) is 38.2 Å². The summed E-state index contributed by atoms with van der Waals surface area (Å²) in [5, 5.41) is 5.69. The molecule has 1 aromatic carbocycles. The molecule has 3 rings (SSSR count). The predicted octanol–water partition coefficient (Wildman–Crippen LogP) is 3.49. The maximum atomic E-state index is 12.5. The van der Waals surface area contributed by atoms with Gasteiger partial charge in [-0.05, 0) is 76.1 Å². The molecule has 0 unspecified atom stereocenters. The third-order valence-corrected chi connectivity index (χ3v) is 5.68. The fourth-order valence-corrected chi connectivity index (χ4v) is 3.95. The van der Waals surface area contributed by atoms with Crippen LogP contribution >= 0.6 is 0 Å². The smallest absolute Gasteiger partial charge is 0.407 e. The molecule has 2 aliphatic rings. The van der Waals surface area contributed by atoms with Crippen molar-refractivity contribution in [3.05, 3.63) is 23.8 Å². The van der Waals surface area contributed by atoms with Gasteiger partial charge in [0.1, 0.15) is 11.4 Å². The average Bonchev–Trinajstić information content (AvgIpc) is 2.74. The van der Waals surface area contributed by atoms with Crippen LogP contribution in [-0.2, 0) is 20.7 Å². The number of alkyl carbamates (subject to hydrolysis) is 1. The quantitative estimate of drug-likeness (QED) is 0.626. The van der Waals surface area contributed by atoms with Crippen molar-refractivity contribution in [3.8, 4) is 5.75 Å². The number of hydrogen-bond donors (Lipinski definition) is 2. The van der Waals surface area contributed by atoms with Crippen LogP contribution in [0.2, 0.25) is 0 Å². The Morgan fingerprint density at radius 3 is 2.66 bits per heavy atom. The minimum absolute atomic E-state index is 0.0491. The highest BCUT2D eigenvalue weighted by Crippen LogP contribution is 2.27. The molecular weight excluding hydrogens is 410 g/mol. The first-order valence-corrected chi connectivity index (χ1v) is 11.5. The number of rotatable bonds is 7. The predicted molar refractivity (Wildman–Crippen MR) is 122 cm³/mol. The monoisotopic (exact) mass is 445 g/mol. The highest BCUT2D eigenvalue weighted by Gasteiger charge is 2.24. The maximum Gasteiger partial charge on any atom is 0.407 e. The maximum absolute atomic E-state index is 12.5. The van der Waals surface area contributed by atoms with Gasteiger partial charge in [-0.15, -0.1) is 0 Å². The summed E-state index contributed by atoms with van der Waals surface area (Å²) < 4.78 is 11.1. The summed E-state index contributed by atoms with van der Waals surface area (Å²) in [6, 6.07) is 5.68. The van der Waals surface area contributed by atoms with Crippen molar-refractivity contribution >= 4 is 23.6 Å². The van der Waals surface area contributed by atoms with Gasteiger partial charge < -0.3 is 25.0 Å². The molecule has 0 aromatic heterocycles. The van der Waals surface area contributed by atoms with E-state index in [0.717, 1.165) is 49.4 Å². The number of nitrogens with zero attached hydrogens (tertiary/aromatic N) is 1. The number of nitrogens with one attached hydrogen (secondary N) is 2. The molecule has 32 heavy (non-hydrogen) atoms. The van der Waals surface area contributed by atoms with Crippen LogP contribution < -0.4 is 15.4 Å². The lowest BCUT2D eigenvalue weighted by Gasteiger charge is -2.32. The van der Waals surface area contributed by atoms with Crippen molar-refractivity contribution < 1.29 is 23.9 Å². The van der Waals surface area contributed by atoms with Gasteiger partial charge in [0.05, 0.1) is 6.61 Å². The molecular formula is C24H35N3O5. The fraction of sp³-hybridized carbons (Fsp3) is 0.625. The molecule has 3 amide bonds. The van der Waals surface area contributed by atoms with Crippen LogP contribution in [0.25, 0.3) is 0 Å². The Balaban J connectivity index is 1.30. The van der Waals surface area contributed by atoms with Gasteiger partial charge in [-0.3, -0.25) is 9.59 Å². The molecule has 8 nitrogen and oxygen atoms in total. The normalized spacial score (nSPS) is 16.7. The van der Waals surface area contributed by atoms with E-state index >= 15 is 0 Å². The summed E-state index contributed by atoms with van der Waals surface area (Å²) in [6.45, 7) is 8.02. The largest absolute Gasteiger partial charge is 0.494 e. The molecule has 176 valence electrons. The minimum atomic E-state index is -0.499. The number of aryl methyl sites for hydroxylation is 1. The standard InChI is InChI=1S/C24H35N3O5/c1-24(2,3)32-23(30)25-16-17-10-12-27(13-11-17)22(29)5-4-14-31-19-7-8-20-18(15-19)6-9-21(28)26-20/h7-8,15,17H,4-6,9-14,16H2,1-3H3,(H,25,30)(H,26,28). The number of amides is 3. The molecule has 1 aromatic rings. The zero-order valence-corrected chi connectivity index (χ0v) is 19.4. The number of likely N-dealkylation sites (tertiary alicyclic amines) is 1. The Morgan fingerprint density at radius 1 is 1.19 bits per heavy atom. The van der Waals surface area contributed by atoms with Gasteiger partial charge in [0.2, 0.25) is 11.8 Å². The van der Waals surface area contributed by atoms with Gasteiger partial charge in [-0.25, -0.2) is 4.79 Å². The molecule has 2 N–H and O–H groups in total. The Hall–Kier alpha value is -2.77. The number of benzene rings is 1. The highest BCUT2D eigenvalue weighted by atomic mass is 16.6. The Bertz CT molecular complexity index is 825. The van der Waals surface area contributed by atoms with Crippen molar-refractivity contribution in [1.82, 2.24) is 10.2 Å². The Morgan fingerprint density at radius 2 is 1.94 bits per heavy atom. The van der Waals surface area contributed by atoms with Gasteiger partial charge in [0.15, 0.2) is 0 Å². The van der Waals surface area contributed by atoms with Crippen molar-refractivity contribution in [3.63, 3.8) is 0 Å². The molecule has 0 saturated carbocycles. The number of carbonyl (C=O) groups excluding carboxylic acids is 3. The lowest BCUT2D eigenvalue weighted by Crippen LogP contribution is -2.42. The van der Waals surface area contributed by atoms with Crippen molar-refractivity contribution in [2.75, 3.05) is 31.6 Å². The second-order valence-electron chi connectivity index (χ2n) is 9.53. The van der Waals surface area contributed by atoms with E-state index in [4.69, 9.17) is 9.47 Å². The zero-order valence-electron chi connectivity index (χ0n) is 19.4. The second-order valence-corrected chi connectivity index (χ2v) is 9.53. The van der Waals surface area contributed by atoms with E-state index in [1.54, 1.807) is 0 Å². The first-order chi connectivity index (χ1) is 15.2. The molecule has 1 fully saturated rings. The lowest BCUT2D eigenvalue weighted by atomic mass is 9.96. The summed E-state index contributed by atoms with van der Waals surface area (Å²) in [6.07, 6.45) is 3.71. The summed E-state index contributed by atoms with van der Waals surface area (Å²) in [5.41, 5.74) is 1.44. The van der Waals surface area contributed by atoms with Crippen LogP contribution in [-0.4, -0.2) is 54.6 Å². The lowest BCUT2D eigenvalue weighted by molar-refractivity contribution is -0.132. The van der Waals surface area contributed by atoms with E-state index in [2.05, 4.69) is 10.6 Å². The first kappa shape index (κ1) is 23.9. The second kappa shape index (κ2) is 10.7. The van der Waals surface area contributed by atoms with Crippen LogP contribution in [0.15, 0.2) is 18.2 Å². The third-order valence-electron chi connectivity index (χ3n) is 5.68. The summed E-state index contributed by atoms with van der Waals surface area (Å²) in [7, 11) is 0. The molecule has 0 spiro atoms. The number of anilines is 1. The van der Waals surface area contributed by atoms with Crippen molar-refractivity contribution in [2.24, 2.45) is 5.92 Å². The third kappa shape index (κ3) is 7.43. The highest BCUT2D eigenvalue weighted by molar-refractivity contribution is 5.94. The van der Waals surface area contributed by atoms with Crippen LogP contribution in [0.1, 0.15) is 58.4 Å². The summed E-state index contributed by atoms with van der Waals surface area (Å²) >= 11 is 0. The van der Waals surface area contributed by atoms with Gasteiger partial charge in [-0.1, -0.05) is 0 Å². The van der Waals surface area contributed by atoms with E-state index < -0.39 is 5.60 Å². The molecule has 2 heterocycles. The summed E-state index contributed by atoms with van der Waals surface area (Å²) in [5.74, 6) is 1.34. The molecule has 0 atom stereocenters. The number of carbonyl (C=O) groups is 3. The van der Waals surface area contributed by atoms with Crippen molar-refractivity contribution in [2.45, 2.75) is 64.9 Å². The van der Waals surface area contributed by atoms with Crippen LogP contribution in [0.3, 0.4) is 0 Å². The SMILES string of the molecule is CC(C)(C)OC(=O)NCC1CCN(C(=O)CCCOc2ccc3c(c2)CCC(=O)N3)CC1. The number of fused-ring (bicyclic) bond motifs is 1. The van der Waals surface area contributed by atoms with Crippen LogP contribution in [0, 0.1) is 5.92 Å². The zero-order chi connectivity index (χ0) is 23.1. The van der Waals surface area contributed by atoms with Gasteiger partial charge in [0.25, 0.3) is 0 Å². The number of piperidine rings is 1. The van der Waals surface area contributed by atoms with Crippen molar-refractivity contribution in [1.29, 1.82) is 0 Å². The molecule has 0 aliphatic carbocycles. The Labute approximate surface area is 190 Å². The topological polar surface area (TPSA) is 97.0 Å². The van der Waals surface area contributed by atoms with Crippen LogP contribution in [0.5, 0.6) is 5.75 Å². The number of ether oxygens (including phenoxy) is 2. The van der Waals surface area contributed by atoms with Gasteiger partial charge >= 0.3 is 6.09 Å². The number of hydrogen-bond acceptors (Lipinski definition) is 5. The molecule has 0 radical (unpaired) electrons. The molecule has 0 bridgehead atoms. The van der Waals surface area contributed by atoms with Crippen LogP contribution in [0.4, 0.5) is 10.5 Å². The Kier molecular flexibility index (Phi) is 7.99. The fourth-order valence-electron chi connectivity index (χ4n) is 3.95. The average molecular weight is 446 g/mol. The summed E-state index contributed by atoms with van der Waals surface area (Å²) in [4.78, 5) is 37.6. The van der Waals surface area contributed by atoms with E-state index in [1.165, 1.54) is 0 Å².